The molecule has 0 bridgehead atoms. The number of anilines is 1. The average molecular weight is 337 g/mol. The Bertz CT molecular complexity index is 630. The van der Waals surface area contributed by atoms with Gasteiger partial charge in [-0.3, -0.25) is 4.79 Å². The maximum absolute atomic E-state index is 12.2. The second-order valence-electron chi connectivity index (χ2n) is 4.74. The number of aryl methyl sites for hydroxylation is 1. The molecule has 2 rings (SSSR count). The highest BCUT2D eigenvalue weighted by atomic mass is 32.2. The molecular weight excluding hydrogens is 320 g/mol. The van der Waals surface area contributed by atoms with Gasteiger partial charge in [-0.05, 0) is 48.4 Å². The molecule has 0 aliphatic rings. The number of amides is 1. The number of thioether (sulfide) groups is 1. The molecular formula is C17H17F2NO2S. The van der Waals surface area contributed by atoms with Crippen molar-refractivity contribution in [3.63, 3.8) is 0 Å². The van der Waals surface area contributed by atoms with E-state index in [2.05, 4.69) is 12.2 Å². The number of carbonyl (C=O) groups is 1. The van der Waals surface area contributed by atoms with Crippen molar-refractivity contribution in [2.75, 3.05) is 11.9 Å². The molecule has 0 fully saturated rings. The Morgan fingerprint density at radius 3 is 2.35 bits per heavy atom. The molecule has 0 aromatic heterocycles. The molecule has 0 heterocycles. The van der Waals surface area contributed by atoms with Crippen molar-refractivity contribution in [1.82, 2.24) is 0 Å². The molecule has 0 atom stereocenters. The van der Waals surface area contributed by atoms with Gasteiger partial charge in [0.15, 0.2) is 6.61 Å². The van der Waals surface area contributed by atoms with E-state index in [0.29, 0.717) is 28.1 Å². The molecule has 6 heteroatoms. The minimum atomic E-state index is -2.46. The molecule has 3 nitrogen and oxygen atoms in total. The van der Waals surface area contributed by atoms with Crippen LogP contribution in [0.2, 0.25) is 0 Å². The van der Waals surface area contributed by atoms with Crippen LogP contribution in [-0.2, 0) is 11.2 Å². The van der Waals surface area contributed by atoms with Crippen molar-refractivity contribution in [1.29, 1.82) is 0 Å². The van der Waals surface area contributed by atoms with Gasteiger partial charge in [0, 0.05) is 10.6 Å². The number of carbonyl (C=O) groups excluding carboxylic acids is 1. The third kappa shape index (κ3) is 5.90. The number of ether oxygens (including phenoxy) is 1. The third-order valence-corrected chi connectivity index (χ3v) is 3.79. The number of halogens is 2. The van der Waals surface area contributed by atoms with Gasteiger partial charge in [0.05, 0.1) is 0 Å². The Morgan fingerprint density at radius 1 is 1.13 bits per heavy atom. The Kier molecular flexibility index (Phi) is 6.40. The van der Waals surface area contributed by atoms with Gasteiger partial charge in [-0.15, -0.1) is 0 Å². The smallest absolute Gasteiger partial charge is 0.288 e. The highest BCUT2D eigenvalue weighted by Crippen LogP contribution is 2.26. The van der Waals surface area contributed by atoms with Gasteiger partial charge in [-0.2, -0.15) is 8.78 Å². The summed E-state index contributed by atoms with van der Waals surface area (Å²) in [7, 11) is 0. The highest BCUT2D eigenvalue weighted by molar-refractivity contribution is 7.99. The molecule has 23 heavy (non-hydrogen) atoms. The van der Waals surface area contributed by atoms with E-state index in [9.17, 15) is 13.6 Å². The van der Waals surface area contributed by atoms with Crippen LogP contribution in [-0.4, -0.2) is 18.3 Å². The summed E-state index contributed by atoms with van der Waals surface area (Å²) in [6.07, 6.45) is 0.945. The fraction of sp³-hybridized carbons (Fsp3) is 0.235. The van der Waals surface area contributed by atoms with E-state index in [1.54, 1.807) is 12.1 Å². The zero-order valence-electron chi connectivity index (χ0n) is 12.6. The summed E-state index contributed by atoms with van der Waals surface area (Å²) in [6.45, 7) is 1.95. The molecule has 0 radical (unpaired) electrons. The molecule has 1 amide bonds. The lowest BCUT2D eigenvalue weighted by Gasteiger charge is -2.08. The Balaban J connectivity index is 1.81. The molecule has 0 aliphatic heterocycles. The summed E-state index contributed by atoms with van der Waals surface area (Å²) >= 11 is 0.466. The molecule has 0 aliphatic carbocycles. The van der Waals surface area contributed by atoms with E-state index >= 15 is 0 Å². The predicted molar refractivity (Wildman–Crippen MR) is 88.2 cm³/mol. The first-order valence-corrected chi connectivity index (χ1v) is 8.01. The molecule has 1 N–H and O–H groups in total. The number of hydrogen-bond donors (Lipinski definition) is 1. The highest BCUT2D eigenvalue weighted by Gasteiger charge is 2.07. The van der Waals surface area contributed by atoms with E-state index < -0.39 is 5.76 Å². The largest absolute Gasteiger partial charge is 0.484 e. The monoisotopic (exact) mass is 337 g/mol. The number of rotatable bonds is 7. The summed E-state index contributed by atoms with van der Waals surface area (Å²) in [5.41, 5.74) is 1.74. The minimum absolute atomic E-state index is 0.112. The maximum Gasteiger partial charge on any atom is 0.288 e. The second-order valence-corrected chi connectivity index (χ2v) is 5.80. The van der Waals surface area contributed by atoms with Crippen LogP contribution in [0.1, 0.15) is 12.5 Å². The van der Waals surface area contributed by atoms with Crippen molar-refractivity contribution in [2.24, 2.45) is 0 Å². The number of alkyl halides is 2. The van der Waals surface area contributed by atoms with Crippen molar-refractivity contribution in [2.45, 2.75) is 24.0 Å². The van der Waals surface area contributed by atoms with Crippen LogP contribution in [0.5, 0.6) is 5.75 Å². The summed E-state index contributed by atoms with van der Waals surface area (Å²) in [5, 5.41) is 2.65. The lowest BCUT2D eigenvalue weighted by molar-refractivity contribution is -0.118. The van der Waals surface area contributed by atoms with Gasteiger partial charge in [0.25, 0.3) is 11.7 Å². The van der Waals surface area contributed by atoms with E-state index in [1.165, 1.54) is 17.7 Å². The van der Waals surface area contributed by atoms with Crippen LogP contribution in [0.4, 0.5) is 14.5 Å². The van der Waals surface area contributed by atoms with E-state index in [4.69, 9.17) is 4.74 Å². The van der Waals surface area contributed by atoms with E-state index in [-0.39, 0.29) is 12.5 Å². The van der Waals surface area contributed by atoms with Crippen LogP contribution in [0, 0.1) is 0 Å². The molecule has 0 spiro atoms. The maximum atomic E-state index is 12.2. The normalized spacial score (nSPS) is 10.6. The fourth-order valence-corrected chi connectivity index (χ4v) is 2.39. The molecule has 0 unspecified atom stereocenters. The first kappa shape index (κ1) is 17.3. The van der Waals surface area contributed by atoms with Gasteiger partial charge in [-0.1, -0.05) is 30.8 Å². The van der Waals surface area contributed by atoms with Crippen LogP contribution in [0.25, 0.3) is 0 Å². The summed E-state index contributed by atoms with van der Waals surface area (Å²) in [5.74, 6) is -2.14. The number of nitrogens with one attached hydrogen (secondary N) is 1. The first-order valence-electron chi connectivity index (χ1n) is 7.13. The Hall–Kier alpha value is -2.08. The van der Waals surface area contributed by atoms with Crippen molar-refractivity contribution in [3.05, 3.63) is 54.1 Å². The number of hydrogen-bond acceptors (Lipinski definition) is 3. The third-order valence-electron chi connectivity index (χ3n) is 3.06. The molecule has 122 valence electrons. The van der Waals surface area contributed by atoms with E-state index in [1.807, 2.05) is 24.3 Å². The zero-order valence-corrected chi connectivity index (χ0v) is 13.4. The van der Waals surface area contributed by atoms with Crippen molar-refractivity contribution >= 4 is 23.4 Å². The molecule has 0 saturated heterocycles. The van der Waals surface area contributed by atoms with Gasteiger partial charge in [0.2, 0.25) is 0 Å². The molecule has 0 saturated carbocycles. The fourth-order valence-electron chi connectivity index (χ4n) is 1.89. The lowest BCUT2D eigenvalue weighted by Crippen LogP contribution is -2.20. The van der Waals surface area contributed by atoms with Crippen LogP contribution in [0.15, 0.2) is 53.4 Å². The zero-order chi connectivity index (χ0) is 16.7. The van der Waals surface area contributed by atoms with Crippen molar-refractivity contribution in [3.8, 4) is 5.75 Å². The first-order chi connectivity index (χ1) is 11.1. The Labute approximate surface area is 138 Å². The molecule has 2 aromatic carbocycles. The quantitative estimate of drug-likeness (QED) is 0.752. The molecule has 2 aromatic rings. The van der Waals surface area contributed by atoms with Crippen LogP contribution >= 0.6 is 11.8 Å². The topological polar surface area (TPSA) is 38.3 Å². The summed E-state index contributed by atoms with van der Waals surface area (Å²) < 4.78 is 29.8. The van der Waals surface area contributed by atoms with Crippen LogP contribution < -0.4 is 10.1 Å². The van der Waals surface area contributed by atoms with Gasteiger partial charge in [-0.25, -0.2) is 0 Å². The van der Waals surface area contributed by atoms with E-state index in [0.717, 1.165) is 6.42 Å². The van der Waals surface area contributed by atoms with Crippen LogP contribution in [0.3, 0.4) is 0 Å². The average Bonchev–Trinajstić information content (AvgIpc) is 2.55. The predicted octanol–water partition coefficient (Wildman–Crippen LogP) is 4.58. The standard InChI is InChI=1S/C17H17F2NO2S/c1-2-12-3-7-14(8-4-12)22-11-16(21)20-13-5-9-15(10-6-13)23-17(18)19/h3-10,17H,2,11H2,1H3,(H,20,21). The number of benzene rings is 2. The van der Waals surface area contributed by atoms with Gasteiger partial charge < -0.3 is 10.1 Å². The van der Waals surface area contributed by atoms with Gasteiger partial charge >= 0.3 is 0 Å². The van der Waals surface area contributed by atoms with Crippen molar-refractivity contribution < 1.29 is 18.3 Å². The lowest BCUT2D eigenvalue weighted by atomic mass is 10.2. The minimum Gasteiger partial charge on any atom is -0.484 e. The van der Waals surface area contributed by atoms with Gasteiger partial charge in [0.1, 0.15) is 5.75 Å². The Morgan fingerprint density at radius 2 is 1.78 bits per heavy atom. The SMILES string of the molecule is CCc1ccc(OCC(=O)Nc2ccc(SC(F)F)cc2)cc1. The summed E-state index contributed by atoms with van der Waals surface area (Å²) in [6, 6.07) is 13.8. The summed E-state index contributed by atoms with van der Waals surface area (Å²) in [4.78, 5) is 12.3. The second kappa shape index (κ2) is 8.53.